The second-order valence-corrected chi connectivity index (χ2v) is 14.6. The van der Waals surface area contributed by atoms with Crippen LogP contribution in [0, 0.1) is 6.92 Å². The number of sulfone groups is 1. The fourth-order valence-corrected chi connectivity index (χ4v) is 8.15. The van der Waals surface area contributed by atoms with E-state index in [1.165, 1.54) is 28.9 Å². The molecule has 2 atom stereocenters. The van der Waals surface area contributed by atoms with E-state index in [1.54, 1.807) is 43.6 Å². The molecule has 3 aliphatic rings. The Morgan fingerprint density at radius 3 is 2.43 bits per heavy atom. The summed E-state index contributed by atoms with van der Waals surface area (Å²) in [6.07, 6.45) is 2.73. The van der Waals surface area contributed by atoms with E-state index in [2.05, 4.69) is 15.6 Å². The molecule has 244 valence electrons. The normalized spacial score (nSPS) is 19.1. The maximum Gasteiger partial charge on any atom is 0.255 e. The predicted molar refractivity (Wildman–Crippen MR) is 180 cm³/mol. The first kappa shape index (κ1) is 32.0. The molecule has 12 heteroatoms. The summed E-state index contributed by atoms with van der Waals surface area (Å²) >= 11 is 0. The Morgan fingerprint density at radius 2 is 1.72 bits per heavy atom. The first-order valence-corrected chi connectivity index (χ1v) is 17.1. The van der Waals surface area contributed by atoms with Crippen LogP contribution in [0.4, 0.5) is 11.4 Å². The first-order chi connectivity index (χ1) is 22.3. The van der Waals surface area contributed by atoms with Gasteiger partial charge in [0.2, 0.25) is 17.7 Å². The maximum absolute atomic E-state index is 14.4. The molecule has 4 aromatic rings. The highest BCUT2D eigenvalue weighted by atomic mass is 32.2. The highest BCUT2D eigenvalue weighted by Crippen LogP contribution is 2.37. The summed E-state index contributed by atoms with van der Waals surface area (Å²) in [6.45, 7) is 4.88. The topological polar surface area (TPSA) is 149 Å². The van der Waals surface area contributed by atoms with Crippen LogP contribution in [-0.4, -0.2) is 59.8 Å². The molecule has 1 aromatic heterocycles. The van der Waals surface area contributed by atoms with Crippen LogP contribution in [0.3, 0.4) is 0 Å². The fourth-order valence-electron chi connectivity index (χ4n) is 6.29. The Hall–Kier alpha value is -4.97. The van der Waals surface area contributed by atoms with Gasteiger partial charge in [0, 0.05) is 43.5 Å². The van der Waals surface area contributed by atoms with Crippen molar-refractivity contribution < 1.29 is 22.8 Å². The van der Waals surface area contributed by atoms with Crippen LogP contribution in [0.15, 0.2) is 76.6 Å². The molecule has 1 saturated carbocycles. The van der Waals surface area contributed by atoms with E-state index in [9.17, 15) is 27.6 Å². The smallest absolute Gasteiger partial charge is 0.255 e. The van der Waals surface area contributed by atoms with Crippen LogP contribution < -0.4 is 16.2 Å². The number of carbonyl (C=O) groups excluding carboxylic acids is 3. The number of amides is 3. The third kappa shape index (κ3) is 6.37. The van der Waals surface area contributed by atoms with Crippen molar-refractivity contribution >= 4 is 49.7 Å². The quantitative estimate of drug-likeness (QED) is 0.294. The standard InChI is InChI=1S/C35H37N5O6S/c1-20-15-24-6-11-29(20)21(2)40(22(3)41)19-32(42)37-26-8-12-31(47(45,46)28-9-10-28)25(16-26)18-39(4)35(44)33(24)38-27-7-5-23-13-14-36-34(43)30(23)17-27/h5-8,11-17,21,28,33,38H,9-10,18-19H2,1-4H3,(H,36,43)(H,37,42)/t21-,33-/m1/s1. The van der Waals surface area contributed by atoms with Gasteiger partial charge in [0.1, 0.15) is 12.6 Å². The van der Waals surface area contributed by atoms with Crippen molar-refractivity contribution in [2.45, 2.75) is 62.4 Å². The largest absolute Gasteiger partial charge is 0.370 e. The molecule has 2 aliphatic heterocycles. The molecule has 47 heavy (non-hydrogen) atoms. The minimum atomic E-state index is -3.65. The number of hydrogen-bond donors (Lipinski definition) is 3. The summed E-state index contributed by atoms with van der Waals surface area (Å²) < 4.78 is 26.9. The van der Waals surface area contributed by atoms with Crippen molar-refractivity contribution in [2.75, 3.05) is 24.2 Å². The number of aryl methyl sites for hydroxylation is 1. The average molecular weight is 656 g/mol. The molecule has 0 saturated heterocycles. The van der Waals surface area contributed by atoms with Gasteiger partial charge in [0.15, 0.2) is 9.84 Å². The molecule has 3 N–H and O–H groups in total. The molecule has 3 aromatic carbocycles. The lowest BCUT2D eigenvalue weighted by Gasteiger charge is -2.31. The molecule has 0 spiro atoms. The van der Waals surface area contributed by atoms with Gasteiger partial charge in [-0.2, -0.15) is 0 Å². The lowest BCUT2D eigenvalue weighted by atomic mass is 9.95. The van der Waals surface area contributed by atoms with Crippen molar-refractivity contribution in [3.63, 3.8) is 0 Å². The third-order valence-electron chi connectivity index (χ3n) is 8.99. The van der Waals surface area contributed by atoms with E-state index in [1.807, 2.05) is 32.0 Å². The van der Waals surface area contributed by atoms with E-state index in [0.717, 1.165) is 16.5 Å². The Balaban J connectivity index is 1.47. The fraction of sp³-hybridized carbons (Fsp3) is 0.314. The number of benzene rings is 3. The zero-order valence-corrected chi connectivity index (χ0v) is 27.5. The molecule has 3 heterocycles. The number of pyridine rings is 1. The maximum atomic E-state index is 14.4. The number of H-pyrrole nitrogens is 1. The number of hydrogen-bond acceptors (Lipinski definition) is 7. The minimum Gasteiger partial charge on any atom is -0.370 e. The summed E-state index contributed by atoms with van der Waals surface area (Å²) in [5, 5.41) is 6.88. The summed E-state index contributed by atoms with van der Waals surface area (Å²) in [7, 11) is -2.04. The Labute approximate surface area is 272 Å². The molecule has 11 nitrogen and oxygen atoms in total. The molecular formula is C35H37N5O6S. The van der Waals surface area contributed by atoms with Crippen LogP contribution in [0.2, 0.25) is 0 Å². The predicted octanol–water partition coefficient (Wildman–Crippen LogP) is 4.45. The highest BCUT2D eigenvalue weighted by molar-refractivity contribution is 7.92. The van der Waals surface area contributed by atoms with Gasteiger partial charge in [-0.05, 0) is 90.7 Å². The molecule has 0 radical (unpaired) electrons. The van der Waals surface area contributed by atoms with E-state index >= 15 is 0 Å². The number of nitrogens with one attached hydrogen (secondary N) is 3. The summed E-state index contributed by atoms with van der Waals surface area (Å²) in [4.78, 5) is 58.6. The zero-order valence-electron chi connectivity index (χ0n) is 26.7. The van der Waals surface area contributed by atoms with Gasteiger partial charge in [-0.25, -0.2) is 8.42 Å². The zero-order chi connectivity index (χ0) is 33.6. The number of nitrogens with zero attached hydrogens (tertiary/aromatic N) is 2. The van der Waals surface area contributed by atoms with E-state index < -0.39 is 33.1 Å². The number of carbonyl (C=O) groups is 3. The lowest BCUT2D eigenvalue weighted by molar-refractivity contribution is -0.134. The van der Waals surface area contributed by atoms with E-state index in [4.69, 9.17) is 0 Å². The molecule has 4 bridgehead atoms. The number of aromatic nitrogens is 1. The highest BCUT2D eigenvalue weighted by Gasteiger charge is 2.38. The lowest BCUT2D eigenvalue weighted by Crippen LogP contribution is -2.39. The van der Waals surface area contributed by atoms with Crippen molar-refractivity contribution in [1.82, 2.24) is 14.8 Å². The number of anilines is 2. The average Bonchev–Trinajstić information content (AvgIpc) is 3.88. The monoisotopic (exact) mass is 655 g/mol. The van der Waals surface area contributed by atoms with Crippen molar-refractivity contribution in [1.29, 1.82) is 0 Å². The third-order valence-corrected chi connectivity index (χ3v) is 11.4. The Morgan fingerprint density at radius 1 is 0.957 bits per heavy atom. The van der Waals surface area contributed by atoms with Gasteiger partial charge in [-0.1, -0.05) is 24.3 Å². The number of aromatic amines is 1. The van der Waals surface area contributed by atoms with Crippen LogP contribution in [0.25, 0.3) is 10.8 Å². The van der Waals surface area contributed by atoms with Crippen LogP contribution >= 0.6 is 0 Å². The molecule has 0 unspecified atom stereocenters. The van der Waals surface area contributed by atoms with Gasteiger partial charge >= 0.3 is 0 Å². The number of likely N-dealkylation sites (N-methyl/N-ethyl adjacent to an activating group) is 1. The second kappa shape index (κ2) is 12.3. The van der Waals surface area contributed by atoms with Gasteiger partial charge in [-0.3, -0.25) is 19.2 Å². The SMILES string of the molecule is CC(=O)N1CC(=O)Nc2ccc(S(=O)(=O)C3CC3)c(c2)CN(C)C(=O)[C@H](Nc2ccc3cc[nH]c(=O)c3c2)c2ccc(c(C)c2)[C@H]1C. The molecule has 7 rings (SSSR count). The molecule has 1 fully saturated rings. The number of fused-ring (bicyclic) bond motifs is 10. The van der Waals surface area contributed by atoms with Crippen LogP contribution in [0.1, 0.15) is 61.0 Å². The van der Waals surface area contributed by atoms with Crippen LogP contribution in [-0.2, 0) is 30.8 Å². The van der Waals surface area contributed by atoms with Crippen molar-refractivity contribution in [2.24, 2.45) is 0 Å². The summed E-state index contributed by atoms with van der Waals surface area (Å²) in [5.41, 5.74) is 3.29. The summed E-state index contributed by atoms with van der Waals surface area (Å²) in [5.74, 6) is -1.06. The Kier molecular flexibility index (Phi) is 8.39. The van der Waals surface area contributed by atoms with Gasteiger partial charge in [0.25, 0.3) is 5.56 Å². The van der Waals surface area contributed by atoms with Crippen molar-refractivity contribution in [3.8, 4) is 0 Å². The molecule has 1 aliphatic carbocycles. The molecular weight excluding hydrogens is 618 g/mol. The first-order valence-electron chi connectivity index (χ1n) is 15.5. The van der Waals surface area contributed by atoms with E-state index in [-0.39, 0.29) is 35.4 Å². The van der Waals surface area contributed by atoms with Gasteiger partial charge in [-0.15, -0.1) is 0 Å². The minimum absolute atomic E-state index is 0.0485. The van der Waals surface area contributed by atoms with Gasteiger partial charge in [0.05, 0.1) is 16.2 Å². The number of rotatable bonds is 4. The van der Waals surface area contributed by atoms with Crippen molar-refractivity contribution in [3.05, 3.63) is 99.5 Å². The summed E-state index contributed by atoms with van der Waals surface area (Å²) in [6, 6.07) is 15.9. The molecule has 3 amide bonds. The van der Waals surface area contributed by atoms with Crippen LogP contribution in [0.5, 0.6) is 0 Å². The van der Waals surface area contributed by atoms with Gasteiger partial charge < -0.3 is 25.4 Å². The van der Waals surface area contributed by atoms with E-state index in [0.29, 0.717) is 40.7 Å². The Bertz CT molecular complexity index is 2090. The second-order valence-electron chi connectivity index (χ2n) is 12.4.